The van der Waals surface area contributed by atoms with Gasteiger partial charge in [0.15, 0.2) is 0 Å². The van der Waals surface area contributed by atoms with Gasteiger partial charge in [-0.15, -0.1) is 0 Å². The van der Waals surface area contributed by atoms with Crippen LogP contribution < -0.4 is 10.6 Å². The van der Waals surface area contributed by atoms with E-state index in [0.717, 1.165) is 24.3 Å². The first-order valence-corrected chi connectivity index (χ1v) is 6.23. The van der Waals surface area contributed by atoms with E-state index < -0.39 is 29.6 Å². The molecular formula is C12H13F3N2O2S. The van der Waals surface area contributed by atoms with Gasteiger partial charge in [-0.3, -0.25) is 9.59 Å². The van der Waals surface area contributed by atoms with E-state index in [9.17, 15) is 22.8 Å². The molecule has 0 aliphatic rings. The third-order valence-corrected chi connectivity index (χ3v) is 2.72. The Labute approximate surface area is 119 Å². The molecule has 1 unspecified atom stereocenters. The lowest BCUT2D eigenvalue weighted by Crippen LogP contribution is -2.44. The molecule has 2 N–H and O–H groups in total. The largest absolute Gasteiger partial charge is 0.416 e. The molecule has 8 heteroatoms. The zero-order chi connectivity index (χ0) is 15.3. The second-order valence-corrected chi connectivity index (χ2v) is 4.37. The van der Waals surface area contributed by atoms with Crippen molar-refractivity contribution < 1.29 is 22.8 Å². The monoisotopic (exact) mass is 306 g/mol. The molecule has 0 aliphatic heterocycles. The van der Waals surface area contributed by atoms with Crippen molar-refractivity contribution in [2.45, 2.75) is 19.1 Å². The summed E-state index contributed by atoms with van der Waals surface area (Å²) in [6.45, 7) is 1.25. The number of carbonyl (C=O) groups excluding carboxylic acids is 2. The smallest absolute Gasteiger partial charge is 0.344 e. The lowest BCUT2D eigenvalue weighted by molar-refractivity contribution is -0.137. The van der Waals surface area contributed by atoms with E-state index in [4.69, 9.17) is 0 Å². The molecule has 0 heterocycles. The van der Waals surface area contributed by atoms with E-state index in [1.54, 1.807) is 0 Å². The zero-order valence-electron chi connectivity index (χ0n) is 10.5. The molecule has 0 aliphatic carbocycles. The normalized spacial score (nSPS) is 12.7. The molecule has 1 atom stereocenters. The first kappa shape index (κ1) is 16.4. The van der Waals surface area contributed by atoms with E-state index in [0.29, 0.717) is 0 Å². The number of amides is 2. The van der Waals surface area contributed by atoms with Gasteiger partial charge in [0.1, 0.15) is 6.04 Å². The maximum absolute atomic E-state index is 12.4. The van der Waals surface area contributed by atoms with Crippen LogP contribution in [0.3, 0.4) is 0 Å². The zero-order valence-corrected chi connectivity index (χ0v) is 11.4. The maximum Gasteiger partial charge on any atom is 0.416 e. The summed E-state index contributed by atoms with van der Waals surface area (Å²) in [6, 6.07) is 3.17. The quantitative estimate of drug-likeness (QED) is 0.746. The topological polar surface area (TPSA) is 58.2 Å². The molecule has 110 valence electrons. The van der Waals surface area contributed by atoms with Gasteiger partial charge in [-0.2, -0.15) is 25.8 Å². The van der Waals surface area contributed by atoms with Crippen LogP contribution in [0.4, 0.5) is 18.9 Å². The highest BCUT2D eigenvalue weighted by atomic mass is 32.1. The number of nitrogens with one attached hydrogen (secondary N) is 2. The molecule has 0 aromatic heterocycles. The van der Waals surface area contributed by atoms with Gasteiger partial charge < -0.3 is 10.6 Å². The van der Waals surface area contributed by atoms with Crippen LogP contribution in [0.2, 0.25) is 0 Å². The van der Waals surface area contributed by atoms with E-state index in [1.807, 2.05) is 0 Å². The van der Waals surface area contributed by atoms with Crippen molar-refractivity contribution in [3.05, 3.63) is 29.8 Å². The highest BCUT2D eigenvalue weighted by Gasteiger charge is 2.30. The Kier molecular flexibility index (Phi) is 5.43. The number of hydrogen-bond acceptors (Lipinski definition) is 3. The Balaban J connectivity index is 2.73. The van der Waals surface area contributed by atoms with E-state index >= 15 is 0 Å². The number of alkyl halides is 3. The van der Waals surface area contributed by atoms with Gasteiger partial charge in [0.2, 0.25) is 11.8 Å². The highest BCUT2D eigenvalue weighted by molar-refractivity contribution is 7.80. The molecule has 0 radical (unpaired) electrons. The summed E-state index contributed by atoms with van der Waals surface area (Å²) in [7, 11) is 0. The van der Waals surface area contributed by atoms with Crippen molar-refractivity contribution in [2.24, 2.45) is 0 Å². The number of rotatable bonds is 4. The van der Waals surface area contributed by atoms with Crippen molar-refractivity contribution in [3.63, 3.8) is 0 Å². The first-order valence-electron chi connectivity index (χ1n) is 5.60. The average Bonchev–Trinajstić information content (AvgIpc) is 2.35. The second-order valence-electron chi connectivity index (χ2n) is 4.00. The first-order chi connectivity index (χ1) is 9.24. The SMILES string of the molecule is CC(=O)NC(CS)C(=O)Nc1ccc(C(F)(F)F)cc1. The summed E-state index contributed by atoms with van der Waals surface area (Å²) in [5, 5.41) is 4.78. The lowest BCUT2D eigenvalue weighted by Gasteiger charge is -2.15. The van der Waals surface area contributed by atoms with Crippen molar-refractivity contribution >= 4 is 30.1 Å². The van der Waals surface area contributed by atoms with Crippen LogP contribution >= 0.6 is 12.6 Å². The van der Waals surface area contributed by atoms with Gasteiger partial charge in [-0.25, -0.2) is 0 Å². The number of benzene rings is 1. The predicted molar refractivity (Wildman–Crippen MR) is 71.5 cm³/mol. The van der Waals surface area contributed by atoms with E-state index in [-0.39, 0.29) is 11.4 Å². The summed E-state index contributed by atoms with van der Waals surface area (Å²) in [6.07, 6.45) is -4.42. The van der Waals surface area contributed by atoms with Gasteiger partial charge in [-0.1, -0.05) is 0 Å². The molecule has 4 nitrogen and oxygen atoms in total. The molecular weight excluding hydrogens is 293 g/mol. The van der Waals surface area contributed by atoms with Gasteiger partial charge >= 0.3 is 6.18 Å². The summed E-state index contributed by atoms with van der Waals surface area (Å²) < 4.78 is 37.1. The molecule has 2 amide bonds. The fourth-order valence-electron chi connectivity index (χ4n) is 1.41. The third-order valence-electron chi connectivity index (χ3n) is 2.36. The Morgan fingerprint density at radius 2 is 1.80 bits per heavy atom. The van der Waals surface area contributed by atoms with E-state index in [2.05, 4.69) is 23.3 Å². The van der Waals surface area contributed by atoms with Crippen molar-refractivity contribution in [1.29, 1.82) is 0 Å². The number of anilines is 1. The minimum atomic E-state index is -4.42. The number of halogens is 3. The number of thiol groups is 1. The van der Waals surface area contributed by atoms with Crippen molar-refractivity contribution in [2.75, 3.05) is 11.1 Å². The van der Waals surface area contributed by atoms with Gasteiger partial charge in [0.25, 0.3) is 0 Å². The van der Waals surface area contributed by atoms with Gasteiger partial charge in [0, 0.05) is 18.4 Å². The molecule has 0 saturated carbocycles. The Bertz CT molecular complexity index is 488. The van der Waals surface area contributed by atoms with Crippen LogP contribution in [0.15, 0.2) is 24.3 Å². The Morgan fingerprint density at radius 1 is 1.25 bits per heavy atom. The Morgan fingerprint density at radius 3 is 2.20 bits per heavy atom. The van der Waals surface area contributed by atoms with Crippen molar-refractivity contribution in [1.82, 2.24) is 5.32 Å². The molecule has 0 fully saturated rings. The van der Waals surface area contributed by atoms with Crippen LogP contribution in [0.1, 0.15) is 12.5 Å². The third kappa shape index (κ3) is 4.76. The molecule has 0 bridgehead atoms. The standard InChI is InChI=1S/C12H13F3N2O2S/c1-7(18)16-10(6-20)11(19)17-9-4-2-8(3-5-9)12(13,14)15/h2-5,10,20H,6H2,1H3,(H,16,18)(H,17,19). The van der Waals surface area contributed by atoms with Crippen LogP contribution in [0, 0.1) is 0 Å². The number of hydrogen-bond donors (Lipinski definition) is 3. The van der Waals surface area contributed by atoms with Gasteiger partial charge in [0.05, 0.1) is 5.56 Å². The lowest BCUT2D eigenvalue weighted by atomic mass is 10.2. The average molecular weight is 306 g/mol. The minimum Gasteiger partial charge on any atom is -0.344 e. The molecule has 1 rings (SSSR count). The van der Waals surface area contributed by atoms with Crippen LogP contribution in [0.25, 0.3) is 0 Å². The summed E-state index contributed by atoms with van der Waals surface area (Å²) in [5.74, 6) is -0.868. The second kappa shape index (κ2) is 6.65. The summed E-state index contributed by atoms with van der Waals surface area (Å²) in [5.41, 5.74) is -0.594. The van der Waals surface area contributed by atoms with Gasteiger partial charge in [-0.05, 0) is 24.3 Å². The Hall–Kier alpha value is -1.70. The van der Waals surface area contributed by atoms with E-state index in [1.165, 1.54) is 6.92 Å². The maximum atomic E-state index is 12.4. The number of carbonyl (C=O) groups is 2. The molecule has 1 aromatic rings. The fourth-order valence-corrected chi connectivity index (χ4v) is 1.67. The predicted octanol–water partition coefficient (Wildman–Crippen LogP) is 2.08. The molecule has 20 heavy (non-hydrogen) atoms. The van der Waals surface area contributed by atoms with Crippen LogP contribution in [-0.4, -0.2) is 23.6 Å². The van der Waals surface area contributed by atoms with Crippen LogP contribution in [0.5, 0.6) is 0 Å². The molecule has 0 spiro atoms. The molecule has 1 aromatic carbocycles. The fraction of sp³-hybridized carbons (Fsp3) is 0.333. The van der Waals surface area contributed by atoms with Crippen LogP contribution in [-0.2, 0) is 15.8 Å². The highest BCUT2D eigenvalue weighted by Crippen LogP contribution is 2.29. The van der Waals surface area contributed by atoms with Crippen molar-refractivity contribution in [3.8, 4) is 0 Å². The summed E-state index contributed by atoms with van der Waals surface area (Å²) in [4.78, 5) is 22.6. The summed E-state index contributed by atoms with van der Waals surface area (Å²) >= 11 is 3.93. The minimum absolute atomic E-state index is 0.0754. The molecule has 0 saturated heterocycles.